The van der Waals surface area contributed by atoms with Crippen molar-refractivity contribution in [1.29, 1.82) is 0 Å². The minimum Gasteiger partial charge on any atom is -0.453 e. The van der Waals surface area contributed by atoms with E-state index in [4.69, 9.17) is 0 Å². The van der Waals surface area contributed by atoms with E-state index in [0.717, 1.165) is 25.7 Å². The first-order chi connectivity index (χ1) is 6.63. The highest BCUT2D eigenvalue weighted by molar-refractivity contribution is 5.78. The maximum atomic E-state index is 11.1. The number of alkyl carbamates (subject to hydrolysis) is 1. The van der Waals surface area contributed by atoms with Gasteiger partial charge in [0.25, 0.3) is 0 Å². The van der Waals surface area contributed by atoms with Crippen LogP contribution in [0.15, 0.2) is 0 Å². The second-order valence-corrected chi connectivity index (χ2v) is 3.80. The molecule has 1 aliphatic carbocycles. The quantitative estimate of drug-likeness (QED) is 0.740. The molecule has 4 heteroatoms. The van der Waals surface area contributed by atoms with E-state index in [9.17, 15) is 9.59 Å². The molecule has 0 spiro atoms. The molecule has 0 radical (unpaired) electrons. The Hall–Kier alpha value is -1.06. The van der Waals surface area contributed by atoms with Gasteiger partial charge in [0.05, 0.1) is 7.11 Å². The number of carbonyl (C=O) groups is 2. The number of hydrogen-bond donors (Lipinski definition) is 1. The molecule has 0 atom stereocenters. The van der Waals surface area contributed by atoms with Crippen molar-refractivity contribution >= 4 is 11.9 Å². The lowest BCUT2D eigenvalue weighted by atomic mass is 9.84. The number of nitrogens with one attached hydrogen (secondary N) is 1. The molecule has 0 saturated heterocycles. The zero-order chi connectivity index (χ0) is 10.6. The molecular weight excluding hydrogens is 182 g/mol. The van der Waals surface area contributed by atoms with Crippen LogP contribution in [-0.4, -0.2) is 25.0 Å². The third kappa shape index (κ3) is 3.01. The Morgan fingerprint density at radius 1 is 1.29 bits per heavy atom. The highest BCUT2D eigenvalue weighted by atomic mass is 16.5. The van der Waals surface area contributed by atoms with E-state index in [2.05, 4.69) is 10.1 Å². The molecule has 0 aromatic rings. The number of ketones is 1. The highest BCUT2D eigenvalue weighted by Crippen LogP contribution is 2.24. The fourth-order valence-corrected chi connectivity index (χ4v) is 1.87. The number of ether oxygens (including phenoxy) is 1. The van der Waals surface area contributed by atoms with Gasteiger partial charge in [0, 0.05) is 13.4 Å². The van der Waals surface area contributed by atoms with Gasteiger partial charge < -0.3 is 10.1 Å². The van der Waals surface area contributed by atoms with Crippen LogP contribution < -0.4 is 5.32 Å². The predicted molar refractivity (Wildman–Crippen MR) is 54.1 cm³/mol. The van der Waals surface area contributed by atoms with Crippen LogP contribution in [0.5, 0.6) is 0 Å². The lowest BCUT2D eigenvalue weighted by molar-refractivity contribution is -0.121. The summed E-state index contributed by atoms with van der Waals surface area (Å²) >= 11 is 0. The van der Waals surface area contributed by atoms with Crippen molar-refractivity contribution in [3.63, 3.8) is 0 Å². The molecule has 0 aromatic heterocycles. The monoisotopic (exact) mass is 201 g/mol. The van der Waals surface area contributed by atoms with Gasteiger partial charge in [0.2, 0.25) is 0 Å². The molecule has 1 rings (SSSR count). The smallest absolute Gasteiger partial charge is 0.407 e. The molecule has 1 N–H and O–H groups in total. The molecule has 1 saturated carbocycles. The van der Waals surface area contributed by atoms with Crippen LogP contribution in [0.3, 0.4) is 0 Å². The van der Waals surface area contributed by atoms with Gasteiger partial charge in [-0.15, -0.1) is 0 Å². The zero-order valence-corrected chi connectivity index (χ0v) is 8.71. The fourth-order valence-electron chi connectivity index (χ4n) is 1.87. The maximum absolute atomic E-state index is 11.1. The van der Waals surface area contributed by atoms with Crippen molar-refractivity contribution in [2.24, 2.45) is 5.92 Å². The zero-order valence-electron chi connectivity index (χ0n) is 8.71. The van der Waals surface area contributed by atoms with Crippen LogP contribution in [0.4, 0.5) is 4.79 Å². The molecular formula is C10H19NO3. The Balaban J connectivity index is 0.00000196. The third-order valence-electron chi connectivity index (χ3n) is 2.81. The molecule has 0 aliphatic heterocycles. The van der Waals surface area contributed by atoms with Crippen molar-refractivity contribution in [3.8, 4) is 0 Å². The van der Waals surface area contributed by atoms with Gasteiger partial charge in [-0.25, -0.2) is 4.79 Å². The molecule has 4 nitrogen and oxygen atoms in total. The molecule has 0 unspecified atom stereocenters. The van der Waals surface area contributed by atoms with Gasteiger partial charge in [-0.2, -0.15) is 0 Å². The predicted octanol–water partition coefficient (Wildman–Crippen LogP) is 1.74. The SMILES string of the molecule is COC(=O)NC1CCC(C(C)=O)CC1.[HH]. The summed E-state index contributed by atoms with van der Waals surface area (Å²) in [6.07, 6.45) is 3.13. The van der Waals surface area contributed by atoms with Crippen molar-refractivity contribution in [2.45, 2.75) is 38.6 Å². The average molecular weight is 201 g/mol. The lowest BCUT2D eigenvalue weighted by Gasteiger charge is -2.27. The average Bonchev–Trinajstić information content (AvgIpc) is 2.18. The van der Waals surface area contributed by atoms with Gasteiger partial charge in [0.15, 0.2) is 0 Å². The minimum atomic E-state index is -0.378. The summed E-state index contributed by atoms with van der Waals surface area (Å²) in [4.78, 5) is 22.0. The van der Waals surface area contributed by atoms with Gasteiger partial charge in [-0.1, -0.05) is 0 Å². The first kappa shape index (κ1) is 11.0. The number of hydrogen-bond acceptors (Lipinski definition) is 3. The molecule has 0 bridgehead atoms. The van der Waals surface area contributed by atoms with Gasteiger partial charge in [-0.05, 0) is 32.6 Å². The van der Waals surface area contributed by atoms with E-state index < -0.39 is 0 Å². The molecule has 82 valence electrons. The van der Waals surface area contributed by atoms with Crippen molar-refractivity contribution in [2.75, 3.05) is 7.11 Å². The lowest BCUT2D eigenvalue weighted by Crippen LogP contribution is -2.38. The molecule has 1 aliphatic rings. The summed E-state index contributed by atoms with van der Waals surface area (Å²) in [5.41, 5.74) is 0. The van der Waals surface area contributed by atoms with Crippen LogP contribution in [0.25, 0.3) is 0 Å². The molecule has 0 aromatic carbocycles. The van der Waals surface area contributed by atoms with Crippen LogP contribution in [0, 0.1) is 5.92 Å². The topological polar surface area (TPSA) is 55.4 Å². The van der Waals surface area contributed by atoms with Crippen molar-refractivity contribution in [1.82, 2.24) is 5.32 Å². The maximum Gasteiger partial charge on any atom is 0.407 e. The Morgan fingerprint density at radius 2 is 1.86 bits per heavy atom. The third-order valence-corrected chi connectivity index (χ3v) is 2.81. The first-order valence-corrected chi connectivity index (χ1v) is 4.98. The van der Waals surface area contributed by atoms with E-state index in [1.54, 1.807) is 6.92 Å². The first-order valence-electron chi connectivity index (χ1n) is 4.98. The number of amides is 1. The molecule has 0 heterocycles. The van der Waals surface area contributed by atoms with Crippen LogP contribution >= 0.6 is 0 Å². The second kappa shape index (κ2) is 4.98. The molecule has 1 fully saturated rings. The Kier molecular flexibility index (Phi) is 3.92. The number of rotatable bonds is 2. The minimum absolute atomic E-state index is 0. The van der Waals surface area contributed by atoms with Gasteiger partial charge >= 0.3 is 6.09 Å². The summed E-state index contributed by atoms with van der Waals surface area (Å²) in [7, 11) is 1.36. The highest BCUT2D eigenvalue weighted by Gasteiger charge is 2.24. The Morgan fingerprint density at radius 3 is 2.29 bits per heavy atom. The normalized spacial score (nSPS) is 26.7. The van der Waals surface area contributed by atoms with Crippen LogP contribution in [-0.2, 0) is 9.53 Å². The van der Waals surface area contributed by atoms with E-state index in [0.29, 0.717) is 0 Å². The Bertz CT molecular complexity index is 225. The van der Waals surface area contributed by atoms with Crippen molar-refractivity contribution in [3.05, 3.63) is 0 Å². The van der Waals surface area contributed by atoms with Crippen molar-refractivity contribution < 1.29 is 15.8 Å². The molecule has 14 heavy (non-hydrogen) atoms. The van der Waals surface area contributed by atoms with E-state index in [1.807, 2.05) is 0 Å². The van der Waals surface area contributed by atoms with Crippen LogP contribution in [0.1, 0.15) is 34.0 Å². The summed E-state index contributed by atoms with van der Waals surface area (Å²) in [6, 6.07) is 0.179. The van der Waals surface area contributed by atoms with E-state index in [1.165, 1.54) is 7.11 Å². The van der Waals surface area contributed by atoms with Crippen LogP contribution in [0.2, 0.25) is 0 Å². The van der Waals surface area contributed by atoms with E-state index in [-0.39, 0.29) is 25.3 Å². The number of Topliss-reactive ketones (excluding diaryl/α,β-unsaturated/α-hetero) is 1. The number of methoxy groups -OCH3 is 1. The fraction of sp³-hybridized carbons (Fsp3) is 0.800. The largest absolute Gasteiger partial charge is 0.453 e. The summed E-state index contributed by atoms with van der Waals surface area (Å²) < 4.78 is 4.51. The standard InChI is InChI=1S/C10H17NO3.H2/c1-7(12)8-3-5-9(6-4-8)11-10(13)14-2;/h8-9H,3-6H2,1-2H3,(H,11,13);1H. The summed E-state index contributed by atoms with van der Waals surface area (Å²) in [6.45, 7) is 1.64. The summed E-state index contributed by atoms with van der Waals surface area (Å²) in [5, 5.41) is 2.76. The Labute approximate surface area is 85.5 Å². The second-order valence-electron chi connectivity index (χ2n) is 3.80. The van der Waals surface area contributed by atoms with E-state index >= 15 is 0 Å². The van der Waals surface area contributed by atoms with Gasteiger partial charge in [0.1, 0.15) is 5.78 Å². The molecule has 1 amide bonds. The summed E-state index contributed by atoms with van der Waals surface area (Å²) in [5.74, 6) is 0.465. The number of carbonyl (C=O) groups excluding carboxylic acids is 2. The van der Waals surface area contributed by atoms with Gasteiger partial charge in [-0.3, -0.25) is 4.79 Å².